The zero-order valence-electron chi connectivity index (χ0n) is 20.0. The monoisotopic (exact) mass is 544 g/mol. The molecule has 1 aliphatic heterocycles. The molecule has 0 spiro atoms. The van der Waals surface area contributed by atoms with Crippen LogP contribution in [-0.2, 0) is 6.54 Å². The third-order valence-electron chi connectivity index (χ3n) is 5.79. The summed E-state index contributed by atoms with van der Waals surface area (Å²) in [6, 6.07) is 8.43. The van der Waals surface area contributed by atoms with E-state index in [1.807, 2.05) is 4.90 Å². The average molecular weight is 545 g/mol. The Kier molecular flexibility index (Phi) is 9.95. The van der Waals surface area contributed by atoms with Crippen LogP contribution in [0, 0.1) is 5.82 Å². The van der Waals surface area contributed by atoms with Crippen LogP contribution in [0.5, 0.6) is 0 Å². The highest BCUT2D eigenvalue weighted by atomic mass is 35.5. The summed E-state index contributed by atoms with van der Waals surface area (Å²) in [4.78, 5) is 28.2. The number of nitrogens with two attached hydrogens (primary N) is 1. The maximum absolute atomic E-state index is 14.7. The van der Waals surface area contributed by atoms with Crippen molar-refractivity contribution in [3.8, 4) is 0 Å². The summed E-state index contributed by atoms with van der Waals surface area (Å²) in [6.07, 6.45) is -5.07. The smallest absolute Gasteiger partial charge is 0.367 e. The van der Waals surface area contributed by atoms with Gasteiger partial charge in [-0.15, -0.1) is 0 Å². The summed E-state index contributed by atoms with van der Waals surface area (Å²) >= 11 is 6.17. The molecule has 3 rings (SSSR count). The number of hydrogen-bond acceptors (Lipinski definition) is 5. The number of carbonyl (C=O) groups is 2. The second kappa shape index (κ2) is 12.9. The van der Waals surface area contributed by atoms with E-state index in [0.717, 1.165) is 0 Å². The van der Waals surface area contributed by atoms with E-state index in [2.05, 4.69) is 16.0 Å². The van der Waals surface area contributed by atoms with Crippen molar-refractivity contribution in [1.82, 2.24) is 15.5 Å². The fraction of sp³-hybridized carbons (Fsp3) is 0.417. The number of anilines is 2. The quantitative estimate of drug-likeness (QED) is 0.362. The number of nitrogens with zero attached hydrogens (tertiary/aromatic N) is 2. The maximum Gasteiger partial charge on any atom is 0.390 e. The van der Waals surface area contributed by atoms with Crippen LogP contribution >= 0.6 is 11.6 Å². The van der Waals surface area contributed by atoms with Crippen LogP contribution < -0.4 is 26.6 Å². The summed E-state index contributed by atoms with van der Waals surface area (Å²) in [6.45, 7) is 2.31. The molecule has 202 valence electrons. The zero-order chi connectivity index (χ0) is 27.0. The molecule has 1 fully saturated rings. The normalized spacial score (nSPS) is 14.4. The van der Waals surface area contributed by atoms with Gasteiger partial charge in [-0.3, -0.25) is 9.69 Å². The molecule has 1 saturated heterocycles. The molecule has 1 heterocycles. The van der Waals surface area contributed by atoms with E-state index >= 15 is 0 Å². The predicted octanol–water partition coefficient (Wildman–Crippen LogP) is 3.56. The van der Waals surface area contributed by atoms with Crippen LogP contribution in [0.3, 0.4) is 0 Å². The Bertz CT molecular complexity index is 1090. The standard InChI is InChI=1S/C24H29ClF4N6O2/c25-17-2-4-20(21(14-17)35-11-9-34(10-12-35)8-5-24(27,28)29)33-22(36)18-3-1-16(13-19(18)26)15-32-23(37)31-7-6-30/h1-4,13-14H,5-12,15,30H2,(H,33,36)(H2,31,32,37). The first kappa shape index (κ1) is 28.5. The van der Waals surface area contributed by atoms with Gasteiger partial charge < -0.3 is 26.6 Å². The van der Waals surface area contributed by atoms with E-state index in [4.69, 9.17) is 17.3 Å². The third kappa shape index (κ3) is 8.76. The molecule has 0 radical (unpaired) electrons. The topological polar surface area (TPSA) is 103 Å². The number of benzene rings is 2. The van der Waals surface area contributed by atoms with Gasteiger partial charge in [0.2, 0.25) is 0 Å². The molecule has 5 N–H and O–H groups in total. The summed E-state index contributed by atoms with van der Waals surface area (Å²) in [5.74, 6) is -1.43. The minimum absolute atomic E-state index is 0.0610. The number of piperazine rings is 1. The molecule has 0 atom stereocenters. The van der Waals surface area contributed by atoms with Gasteiger partial charge in [0.15, 0.2) is 0 Å². The SMILES string of the molecule is NCCNC(=O)NCc1ccc(C(=O)Nc2ccc(Cl)cc2N2CCN(CCC(F)(F)F)CC2)c(F)c1. The maximum atomic E-state index is 14.7. The Balaban J connectivity index is 1.64. The molecular formula is C24H29ClF4N6O2. The molecular weight excluding hydrogens is 516 g/mol. The van der Waals surface area contributed by atoms with Gasteiger partial charge >= 0.3 is 12.2 Å². The molecule has 0 aromatic heterocycles. The number of alkyl halides is 3. The first-order valence-corrected chi connectivity index (χ1v) is 12.1. The second-order valence-corrected chi connectivity index (χ2v) is 8.96. The van der Waals surface area contributed by atoms with Gasteiger partial charge in [0, 0.05) is 57.4 Å². The lowest BCUT2D eigenvalue weighted by atomic mass is 10.1. The van der Waals surface area contributed by atoms with Gasteiger partial charge in [-0.1, -0.05) is 17.7 Å². The lowest BCUT2D eigenvalue weighted by molar-refractivity contribution is -0.138. The summed E-state index contributed by atoms with van der Waals surface area (Å²) < 4.78 is 52.3. The Labute approximate surface area is 217 Å². The van der Waals surface area contributed by atoms with E-state index in [1.165, 1.54) is 18.2 Å². The first-order chi connectivity index (χ1) is 17.6. The molecule has 0 aliphatic carbocycles. The van der Waals surface area contributed by atoms with Crippen LogP contribution in [0.2, 0.25) is 5.02 Å². The lowest BCUT2D eigenvalue weighted by Gasteiger charge is -2.37. The van der Waals surface area contributed by atoms with Gasteiger partial charge in [0.05, 0.1) is 23.4 Å². The van der Waals surface area contributed by atoms with Gasteiger partial charge in [0.25, 0.3) is 5.91 Å². The van der Waals surface area contributed by atoms with Crippen molar-refractivity contribution < 1.29 is 27.2 Å². The fourth-order valence-corrected chi connectivity index (χ4v) is 4.01. The number of amides is 3. The minimum Gasteiger partial charge on any atom is -0.367 e. The number of hydrogen-bond donors (Lipinski definition) is 4. The van der Waals surface area contributed by atoms with Crippen molar-refractivity contribution in [3.05, 3.63) is 58.4 Å². The van der Waals surface area contributed by atoms with Crippen LogP contribution in [0.25, 0.3) is 0 Å². The Morgan fingerprint density at radius 1 is 1.03 bits per heavy atom. The predicted molar refractivity (Wildman–Crippen MR) is 134 cm³/mol. The average Bonchev–Trinajstić information content (AvgIpc) is 2.86. The molecule has 37 heavy (non-hydrogen) atoms. The zero-order valence-corrected chi connectivity index (χ0v) is 20.8. The Hall–Kier alpha value is -3.09. The third-order valence-corrected chi connectivity index (χ3v) is 6.03. The largest absolute Gasteiger partial charge is 0.390 e. The van der Waals surface area contributed by atoms with Crippen LogP contribution in [0.4, 0.5) is 33.7 Å². The van der Waals surface area contributed by atoms with Gasteiger partial charge in [-0.25, -0.2) is 9.18 Å². The highest BCUT2D eigenvalue weighted by molar-refractivity contribution is 6.31. The second-order valence-electron chi connectivity index (χ2n) is 8.52. The van der Waals surface area contributed by atoms with Gasteiger partial charge in [-0.2, -0.15) is 13.2 Å². The van der Waals surface area contributed by atoms with Gasteiger partial charge in [-0.05, 0) is 35.9 Å². The fourth-order valence-electron chi connectivity index (χ4n) is 3.84. The molecule has 0 bridgehead atoms. The molecule has 0 unspecified atom stereocenters. The molecule has 8 nitrogen and oxygen atoms in total. The van der Waals surface area contributed by atoms with Crippen molar-refractivity contribution in [2.24, 2.45) is 5.73 Å². The number of halogens is 5. The van der Waals surface area contributed by atoms with E-state index < -0.39 is 30.4 Å². The van der Waals surface area contributed by atoms with Crippen LogP contribution in [-0.4, -0.2) is 68.8 Å². The molecule has 2 aromatic rings. The Morgan fingerprint density at radius 3 is 2.41 bits per heavy atom. The van der Waals surface area contributed by atoms with Crippen LogP contribution in [0.15, 0.2) is 36.4 Å². The highest BCUT2D eigenvalue weighted by Crippen LogP contribution is 2.31. The van der Waals surface area contributed by atoms with Gasteiger partial charge in [0.1, 0.15) is 5.82 Å². The number of nitrogens with one attached hydrogen (secondary N) is 3. The van der Waals surface area contributed by atoms with Crippen molar-refractivity contribution >= 4 is 34.9 Å². The van der Waals surface area contributed by atoms with E-state index in [0.29, 0.717) is 61.2 Å². The highest BCUT2D eigenvalue weighted by Gasteiger charge is 2.29. The molecule has 3 amide bonds. The van der Waals surface area contributed by atoms with E-state index in [-0.39, 0.29) is 18.7 Å². The molecule has 0 saturated carbocycles. The molecule has 2 aromatic carbocycles. The summed E-state index contributed by atoms with van der Waals surface area (Å²) in [7, 11) is 0. The van der Waals surface area contributed by atoms with E-state index in [1.54, 1.807) is 23.1 Å². The lowest BCUT2D eigenvalue weighted by Crippen LogP contribution is -2.47. The minimum atomic E-state index is -4.20. The van der Waals surface area contributed by atoms with Crippen molar-refractivity contribution in [2.75, 3.05) is 56.0 Å². The van der Waals surface area contributed by atoms with E-state index in [9.17, 15) is 27.2 Å². The van der Waals surface area contributed by atoms with Crippen molar-refractivity contribution in [3.63, 3.8) is 0 Å². The number of rotatable bonds is 9. The molecule has 13 heteroatoms. The van der Waals surface area contributed by atoms with Crippen molar-refractivity contribution in [1.29, 1.82) is 0 Å². The van der Waals surface area contributed by atoms with Crippen molar-refractivity contribution in [2.45, 2.75) is 19.1 Å². The number of urea groups is 1. The van der Waals surface area contributed by atoms with Crippen LogP contribution in [0.1, 0.15) is 22.3 Å². The first-order valence-electron chi connectivity index (χ1n) is 11.7. The number of carbonyl (C=O) groups excluding carboxylic acids is 2. The summed E-state index contributed by atoms with van der Waals surface area (Å²) in [5.41, 5.74) is 6.60. The molecule has 1 aliphatic rings. The summed E-state index contributed by atoms with van der Waals surface area (Å²) in [5, 5.41) is 8.23. The Morgan fingerprint density at radius 2 is 1.76 bits per heavy atom.